The second kappa shape index (κ2) is 9.50. The van der Waals surface area contributed by atoms with Gasteiger partial charge in [-0.3, -0.25) is 14.3 Å². The van der Waals surface area contributed by atoms with Crippen LogP contribution in [0.1, 0.15) is 33.2 Å². The SMILES string of the molecule is COc1ccn2cc(C(C)=O)c(C(=O)Nc3cccc(-c4cnn(Cc5ccccc5)c4)c3F)c2c1. The van der Waals surface area contributed by atoms with Crippen LogP contribution in [0.5, 0.6) is 5.75 Å². The smallest absolute Gasteiger partial charge is 0.258 e. The van der Waals surface area contributed by atoms with E-state index < -0.39 is 11.7 Å². The van der Waals surface area contributed by atoms with E-state index in [4.69, 9.17) is 4.74 Å². The third-order valence-corrected chi connectivity index (χ3v) is 5.97. The Labute approximate surface area is 206 Å². The summed E-state index contributed by atoms with van der Waals surface area (Å²) in [7, 11) is 1.52. The molecule has 0 atom stereocenters. The number of aromatic nitrogens is 3. The minimum atomic E-state index is -0.591. The first-order valence-corrected chi connectivity index (χ1v) is 11.3. The fraction of sp³-hybridized carbons (Fsp3) is 0.107. The first kappa shape index (κ1) is 23.0. The number of nitrogens with zero attached hydrogens (tertiary/aromatic N) is 3. The number of rotatable bonds is 7. The molecule has 0 unspecified atom stereocenters. The maximum atomic E-state index is 15.5. The number of hydrogen-bond donors (Lipinski definition) is 1. The van der Waals surface area contributed by atoms with Gasteiger partial charge in [0, 0.05) is 41.3 Å². The topological polar surface area (TPSA) is 77.6 Å². The van der Waals surface area contributed by atoms with Crippen molar-refractivity contribution < 1.29 is 18.7 Å². The normalized spacial score (nSPS) is 11.0. The molecular weight excluding hydrogens is 459 g/mol. The van der Waals surface area contributed by atoms with Gasteiger partial charge in [0.1, 0.15) is 5.75 Å². The summed E-state index contributed by atoms with van der Waals surface area (Å²) >= 11 is 0. The minimum Gasteiger partial charge on any atom is -0.497 e. The Morgan fingerprint density at radius 1 is 1.06 bits per heavy atom. The van der Waals surface area contributed by atoms with Crippen molar-refractivity contribution >= 4 is 22.9 Å². The van der Waals surface area contributed by atoms with Crippen molar-refractivity contribution in [3.63, 3.8) is 0 Å². The summed E-state index contributed by atoms with van der Waals surface area (Å²) in [5.41, 5.74) is 2.85. The van der Waals surface area contributed by atoms with Crippen LogP contribution >= 0.6 is 0 Å². The van der Waals surface area contributed by atoms with Crippen LogP contribution in [-0.4, -0.2) is 33.0 Å². The number of ketones is 1. The van der Waals surface area contributed by atoms with Gasteiger partial charge in [-0.25, -0.2) is 4.39 Å². The average Bonchev–Trinajstić information content (AvgIpc) is 3.50. The van der Waals surface area contributed by atoms with Gasteiger partial charge in [0.15, 0.2) is 11.6 Å². The fourth-order valence-electron chi connectivity index (χ4n) is 4.18. The lowest BCUT2D eigenvalue weighted by Crippen LogP contribution is -2.15. The predicted molar refractivity (Wildman–Crippen MR) is 135 cm³/mol. The number of Topliss-reactive ketones (excluding diaryl/α,β-unsaturated/α-hetero) is 1. The lowest BCUT2D eigenvalue weighted by Gasteiger charge is -2.10. The van der Waals surface area contributed by atoms with Crippen LogP contribution in [0, 0.1) is 5.82 Å². The largest absolute Gasteiger partial charge is 0.497 e. The molecule has 0 aliphatic carbocycles. The fourth-order valence-corrected chi connectivity index (χ4v) is 4.18. The Kier molecular flexibility index (Phi) is 6.08. The number of pyridine rings is 1. The number of amides is 1. The van der Waals surface area contributed by atoms with Crippen LogP contribution in [0.2, 0.25) is 0 Å². The first-order valence-electron chi connectivity index (χ1n) is 11.3. The third kappa shape index (κ3) is 4.36. The summed E-state index contributed by atoms with van der Waals surface area (Å²) in [5.74, 6) is -0.921. The van der Waals surface area contributed by atoms with Crippen molar-refractivity contribution in [1.82, 2.24) is 14.2 Å². The molecule has 1 N–H and O–H groups in total. The average molecular weight is 483 g/mol. The zero-order valence-electron chi connectivity index (χ0n) is 19.7. The zero-order chi connectivity index (χ0) is 25.2. The van der Waals surface area contributed by atoms with Crippen LogP contribution in [0.4, 0.5) is 10.1 Å². The number of anilines is 1. The molecule has 0 saturated carbocycles. The molecule has 8 heteroatoms. The highest BCUT2D eigenvalue weighted by Gasteiger charge is 2.23. The summed E-state index contributed by atoms with van der Waals surface area (Å²) in [6, 6.07) is 18.0. The predicted octanol–water partition coefficient (Wildman–Crippen LogP) is 5.45. The van der Waals surface area contributed by atoms with E-state index in [-0.39, 0.29) is 22.6 Å². The standard InChI is InChI=1S/C28H23FN4O3/c1-18(34)23-17-32-12-11-21(36-2)13-25(32)26(23)28(35)31-24-10-6-9-22(27(24)29)20-14-30-33(16-20)15-19-7-4-3-5-8-19/h3-14,16-17H,15H2,1-2H3,(H,31,35). The van der Waals surface area contributed by atoms with Crippen molar-refractivity contribution in [2.75, 3.05) is 12.4 Å². The Balaban J connectivity index is 1.46. The molecule has 0 aliphatic rings. The van der Waals surface area contributed by atoms with Gasteiger partial charge >= 0.3 is 0 Å². The number of hydrogen-bond acceptors (Lipinski definition) is 4. The van der Waals surface area contributed by atoms with Gasteiger partial charge in [-0.2, -0.15) is 5.10 Å². The molecule has 0 saturated heterocycles. The molecule has 3 heterocycles. The summed E-state index contributed by atoms with van der Waals surface area (Å²) in [6.45, 7) is 1.94. The summed E-state index contributed by atoms with van der Waals surface area (Å²) in [5, 5.41) is 7.00. The van der Waals surface area contributed by atoms with Gasteiger partial charge in [-0.15, -0.1) is 0 Å². The third-order valence-electron chi connectivity index (χ3n) is 5.97. The Morgan fingerprint density at radius 2 is 1.86 bits per heavy atom. The Bertz CT molecular complexity index is 1590. The molecule has 0 spiro atoms. The molecule has 2 aromatic carbocycles. The minimum absolute atomic E-state index is 0.00468. The highest BCUT2D eigenvalue weighted by atomic mass is 19.1. The maximum absolute atomic E-state index is 15.5. The second-order valence-electron chi connectivity index (χ2n) is 8.37. The summed E-state index contributed by atoms with van der Waals surface area (Å²) < 4.78 is 24.2. The van der Waals surface area contributed by atoms with E-state index in [1.807, 2.05) is 30.3 Å². The summed E-state index contributed by atoms with van der Waals surface area (Å²) in [4.78, 5) is 25.6. The van der Waals surface area contributed by atoms with Crippen LogP contribution in [0.3, 0.4) is 0 Å². The molecule has 5 aromatic rings. The van der Waals surface area contributed by atoms with Crippen LogP contribution < -0.4 is 10.1 Å². The quantitative estimate of drug-likeness (QED) is 0.313. The number of ether oxygens (including phenoxy) is 1. The first-order chi connectivity index (χ1) is 17.4. The molecule has 36 heavy (non-hydrogen) atoms. The lowest BCUT2D eigenvalue weighted by atomic mass is 10.1. The van der Waals surface area contributed by atoms with Crippen molar-refractivity contribution in [2.24, 2.45) is 0 Å². The highest BCUT2D eigenvalue weighted by Crippen LogP contribution is 2.29. The van der Waals surface area contributed by atoms with Crippen LogP contribution in [0.15, 0.2) is 85.5 Å². The molecule has 0 bridgehead atoms. The van der Waals surface area contributed by atoms with Crippen molar-refractivity contribution in [3.05, 3.63) is 108 Å². The number of methoxy groups -OCH3 is 1. The molecule has 0 aliphatic heterocycles. The van der Waals surface area contributed by atoms with Gasteiger partial charge < -0.3 is 14.5 Å². The summed E-state index contributed by atoms with van der Waals surface area (Å²) in [6.07, 6.45) is 6.64. The van der Waals surface area contributed by atoms with E-state index in [1.54, 1.807) is 58.1 Å². The monoisotopic (exact) mass is 482 g/mol. The van der Waals surface area contributed by atoms with E-state index in [0.29, 0.717) is 28.9 Å². The number of benzene rings is 2. The van der Waals surface area contributed by atoms with E-state index >= 15 is 4.39 Å². The molecule has 180 valence electrons. The van der Waals surface area contributed by atoms with Crippen LogP contribution in [0.25, 0.3) is 16.6 Å². The lowest BCUT2D eigenvalue weighted by molar-refractivity contribution is 0.0987. The molecule has 5 rings (SSSR count). The molecule has 0 fully saturated rings. The Hall–Kier alpha value is -4.72. The second-order valence-corrected chi connectivity index (χ2v) is 8.37. The van der Waals surface area contributed by atoms with E-state index in [1.165, 1.54) is 20.1 Å². The van der Waals surface area contributed by atoms with Gasteiger partial charge in [-0.05, 0) is 24.6 Å². The van der Waals surface area contributed by atoms with Crippen molar-refractivity contribution in [1.29, 1.82) is 0 Å². The number of carbonyl (C=O) groups excluding carboxylic acids is 2. The van der Waals surface area contributed by atoms with Gasteiger partial charge in [0.05, 0.1) is 36.6 Å². The molecule has 3 aromatic heterocycles. The van der Waals surface area contributed by atoms with Gasteiger partial charge in [0.25, 0.3) is 5.91 Å². The van der Waals surface area contributed by atoms with Crippen LogP contribution in [-0.2, 0) is 6.54 Å². The van der Waals surface area contributed by atoms with E-state index in [2.05, 4.69) is 10.4 Å². The number of halogens is 1. The highest BCUT2D eigenvalue weighted by molar-refractivity contribution is 6.16. The van der Waals surface area contributed by atoms with Crippen molar-refractivity contribution in [2.45, 2.75) is 13.5 Å². The maximum Gasteiger partial charge on any atom is 0.258 e. The van der Waals surface area contributed by atoms with Gasteiger partial charge in [0.2, 0.25) is 0 Å². The van der Waals surface area contributed by atoms with Crippen molar-refractivity contribution in [3.8, 4) is 16.9 Å². The molecule has 1 amide bonds. The molecular formula is C28H23FN4O3. The van der Waals surface area contributed by atoms with Gasteiger partial charge in [-0.1, -0.05) is 42.5 Å². The number of nitrogens with one attached hydrogen (secondary N) is 1. The number of fused-ring (bicyclic) bond motifs is 1. The number of carbonyl (C=O) groups is 2. The Morgan fingerprint density at radius 3 is 2.61 bits per heavy atom. The molecule has 0 radical (unpaired) electrons. The zero-order valence-corrected chi connectivity index (χ0v) is 19.7. The van der Waals surface area contributed by atoms with E-state index in [9.17, 15) is 9.59 Å². The molecule has 7 nitrogen and oxygen atoms in total. The van der Waals surface area contributed by atoms with E-state index in [0.717, 1.165) is 5.56 Å².